The topological polar surface area (TPSA) is 49.7 Å². The number of fused-ring (bicyclic) bond motifs is 1. The van der Waals surface area contributed by atoms with Crippen LogP contribution in [0.2, 0.25) is 0 Å². The smallest absolute Gasteiger partial charge is 0.313 e. The highest BCUT2D eigenvalue weighted by molar-refractivity contribution is 8.16. The van der Waals surface area contributed by atoms with E-state index < -0.39 is 5.97 Å². The van der Waals surface area contributed by atoms with Crippen molar-refractivity contribution in [3.05, 3.63) is 24.3 Å². The molecule has 0 fully saturated rings. The van der Waals surface area contributed by atoms with Crippen molar-refractivity contribution in [2.75, 3.05) is 5.75 Å². The van der Waals surface area contributed by atoms with Gasteiger partial charge in [0.15, 0.2) is 0 Å². The van der Waals surface area contributed by atoms with E-state index in [2.05, 4.69) is 4.99 Å². The minimum Gasteiger partial charge on any atom is -0.481 e. The van der Waals surface area contributed by atoms with Crippen LogP contribution in [0.5, 0.6) is 0 Å². The first-order valence-corrected chi connectivity index (χ1v) is 6.72. The third-order valence-corrected chi connectivity index (χ3v) is 4.55. The summed E-state index contributed by atoms with van der Waals surface area (Å²) in [5, 5.41) is 9.77. The maximum Gasteiger partial charge on any atom is 0.313 e. The van der Waals surface area contributed by atoms with Crippen LogP contribution in [-0.2, 0) is 4.79 Å². The predicted octanol–water partition coefficient (Wildman–Crippen LogP) is 3.03. The Hall–Kier alpha value is -0.940. The van der Waals surface area contributed by atoms with Crippen LogP contribution in [0.15, 0.2) is 34.2 Å². The Morgan fingerprint density at radius 2 is 2.31 bits per heavy atom. The van der Waals surface area contributed by atoms with Crippen LogP contribution in [-0.4, -0.2) is 27.1 Å². The highest BCUT2D eigenvalue weighted by Crippen LogP contribution is 2.39. The summed E-state index contributed by atoms with van der Waals surface area (Å²) in [6.07, 6.45) is 0. The quantitative estimate of drug-likeness (QED) is 0.880. The van der Waals surface area contributed by atoms with Gasteiger partial charge in [0.2, 0.25) is 0 Å². The summed E-state index contributed by atoms with van der Waals surface area (Å²) in [5.41, 5.74) is 0.943. The number of hydrogen-bond acceptors (Lipinski definition) is 4. The predicted molar refractivity (Wildman–Crippen MR) is 68.9 cm³/mol. The van der Waals surface area contributed by atoms with Gasteiger partial charge in [0.1, 0.15) is 0 Å². The van der Waals surface area contributed by atoms with Crippen molar-refractivity contribution in [2.24, 2.45) is 4.99 Å². The van der Waals surface area contributed by atoms with E-state index in [4.69, 9.17) is 5.11 Å². The molecule has 0 aromatic heterocycles. The standard InChI is InChI=1S/C11H11NO2S2/c1-7-11(15-6-10(13)14)12-8-4-2-3-5-9(8)16-7/h2-5,7H,6H2,1H3,(H,13,14). The largest absolute Gasteiger partial charge is 0.481 e. The Morgan fingerprint density at radius 3 is 3.06 bits per heavy atom. The molecule has 0 bridgehead atoms. The van der Waals surface area contributed by atoms with Gasteiger partial charge in [-0.3, -0.25) is 4.79 Å². The van der Waals surface area contributed by atoms with E-state index in [1.165, 1.54) is 11.8 Å². The van der Waals surface area contributed by atoms with E-state index in [0.717, 1.165) is 15.6 Å². The number of para-hydroxylation sites is 1. The summed E-state index contributed by atoms with van der Waals surface area (Å²) in [7, 11) is 0. The molecule has 84 valence electrons. The SMILES string of the molecule is CC1Sc2ccccc2N=C1SCC(=O)O. The number of carboxylic acids is 1. The van der Waals surface area contributed by atoms with Crippen molar-refractivity contribution in [3.8, 4) is 0 Å². The molecule has 3 nitrogen and oxygen atoms in total. The second-order valence-electron chi connectivity index (χ2n) is 3.36. The van der Waals surface area contributed by atoms with E-state index in [1.54, 1.807) is 11.8 Å². The molecule has 1 aromatic rings. The normalized spacial score (nSPS) is 18.8. The van der Waals surface area contributed by atoms with Crippen LogP contribution in [0.25, 0.3) is 0 Å². The van der Waals surface area contributed by atoms with Crippen molar-refractivity contribution < 1.29 is 9.90 Å². The Kier molecular flexibility index (Phi) is 3.56. The van der Waals surface area contributed by atoms with Crippen LogP contribution < -0.4 is 0 Å². The summed E-state index contributed by atoms with van der Waals surface area (Å²) in [6.45, 7) is 2.05. The Bertz CT molecular complexity index is 445. The van der Waals surface area contributed by atoms with Gasteiger partial charge in [-0.15, -0.1) is 11.8 Å². The molecule has 1 atom stereocenters. The van der Waals surface area contributed by atoms with Crippen LogP contribution in [0, 0.1) is 0 Å². The minimum absolute atomic E-state index is 0.0753. The van der Waals surface area contributed by atoms with E-state index >= 15 is 0 Å². The monoisotopic (exact) mass is 253 g/mol. The fourth-order valence-electron chi connectivity index (χ4n) is 1.38. The van der Waals surface area contributed by atoms with Crippen LogP contribution in [0.1, 0.15) is 6.92 Å². The lowest BCUT2D eigenvalue weighted by atomic mass is 10.3. The molecule has 1 aromatic carbocycles. The van der Waals surface area contributed by atoms with Gasteiger partial charge in [-0.1, -0.05) is 23.9 Å². The number of carboxylic acid groups (broad SMARTS) is 1. The third kappa shape index (κ3) is 2.59. The molecule has 0 radical (unpaired) electrons. The lowest BCUT2D eigenvalue weighted by Gasteiger charge is -2.20. The average Bonchev–Trinajstić information content (AvgIpc) is 2.26. The molecular weight excluding hydrogens is 242 g/mol. The van der Waals surface area contributed by atoms with E-state index in [0.29, 0.717) is 0 Å². The number of nitrogens with zero attached hydrogens (tertiary/aromatic N) is 1. The zero-order valence-corrected chi connectivity index (χ0v) is 10.3. The van der Waals surface area contributed by atoms with Crippen LogP contribution in [0.3, 0.4) is 0 Å². The zero-order chi connectivity index (χ0) is 11.5. The Morgan fingerprint density at radius 1 is 1.56 bits per heavy atom. The van der Waals surface area contributed by atoms with Crippen molar-refractivity contribution in [3.63, 3.8) is 0 Å². The van der Waals surface area contributed by atoms with Gasteiger partial charge in [-0.25, -0.2) is 4.99 Å². The average molecular weight is 253 g/mol. The van der Waals surface area contributed by atoms with Gasteiger partial charge in [0.05, 0.1) is 21.7 Å². The Balaban J connectivity index is 2.20. The molecule has 0 aliphatic carbocycles. The lowest BCUT2D eigenvalue weighted by Crippen LogP contribution is -2.14. The number of rotatable bonds is 2. The second-order valence-corrected chi connectivity index (χ2v) is 5.74. The molecule has 1 N–H and O–H groups in total. The van der Waals surface area contributed by atoms with Crippen molar-refractivity contribution in [2.45, 2.75) is 17.1 Å². The van der Waals surface area contributed by atoms with Crippen LogP contribution >= 0.6 is 23.5 Å². The number of carbonyl (C=O) groups is 1. The number of aliphatic carboxylic acids is 1. The van der Waals surface area contributed by atoms with Gasteiger partial charge in [0.25, 0.3) is 0 Å². The first-order valence-electron chi connectivity index (χ1n) is 4.85. The first-order chi connectivity index (χ1) is 7.66. The highest BCUT2D eigenvalue weighted by atomic mass is 32.2. The molecule has 1 aliphatic heterocycles. The maximum atomic E-state index is 10.5. The van der Waals surface area contributed by atoms with Gasteiger partial charge in [0, 0.05) is 4.90 Å². The molecule has 1 heterocycles. The first kappa shape index (κ1) is 11.5. The van der Waals surface area contributed by atoms with Crippen molar-refractivity contribution in [1.82, 2.24) is 0 Å². The zero-order valence-electron chi connectivity index (χ0n) is 8.71. The lowest BCUT2D eigenvalue weighted by molar-refractivity contribution is -0.133. The number of thioether (sulfide) groups is 2. The van der Waals surface area contributed by atoms with Crippen molar-refractivity contribution >= 4 is 40.2 Å². The molecule has 5 heteroatoms. The highest BCUT2D eigenvalue weighted by Gasteiger charge is 2.20. The molecule has 16 heavy (non-hydrogen) atoms. The number of hydrogen-bond donors (Lipinski definition) is 1. The fraction of sp³-hybridized carbons (Fsp3) is 0.273. The number of aliphatic imine (C=N–C) groups is 1. The molecule has 2 rings (SSSR count). The molecule has 0 saturated heterocycles. The summed E-state index contributed by atoms with van der Waals surface area (Å²) in [5.74, 6) is -0.727. The summed E-state index contributed by atoms with van der Waals surface area (Å²) >= 11 is 3.03. The van der Waals surface area contributed by atoms with Gasteiger partial charge in [-0.2, -0.15) is 0 Å². The summed E-state index contributed by atoms with van der Waals surface area (Å²) in [4.78, 5) is 16.2. The molecule has 1 aliphatic rings. The third-order valence-electron chi connectivity index (χ3n) is 2.09. The summed E-state index contributed by atoms with van der Waals surface area (Å²) in [6, 6.07) is 7.93. The second kappa shape index (κ2) is 4.93. The molecule has 0 spiro atoms. The fourth-order valence-corrected chi connectivity index (χ4v) is 3.33. The molecular formula is C11H11NO2S2. The van der Waals surface area contributed by atoms with Gasteiger partial charge in [-0.05, 0) is 19.1 Å². The van der Waals surface area contributed by atoms with Gasteiger partial charge >= 0.3 is 5.97 Å². The number of benzene rings is 1. The molecule has 1 unspecified atom stereocenters. The Labute approximate surface area is 102 Å². The minimum atomic E-state index is -0.802. The van der Waals surface area contributed by atoms with Crippen LogP contribution in [0.4, 0.5) is 5.69 Å². The molecule has 0 amide bonds. The maximum absolute atomic E-state index is 10.5. The summed E-state index contributed by atoms with van der Waals surface area (Å²) < 4.78 is 0. The van der Waals surface area contributed by atoms with E-state index in [9.17, 15) is 4.79 Å². The van der Waals surface area contributed by atoms with Gasteiger partial charge < -0.3 is 5.11 Å². The van der Waals surface area contributed by atoms with E-state index in [-0.39, 0.29) is 11.0 Å². The van der Waals surface area contributed by atoms with Crippen molar-refractivity contribution in [1.29, 1.82) is 0 Å². The van der Waals surface area contributed by atoms with E-state index in [1.807, 2.05) is 31.2 Å². The molecule has 0 saturated carbocycles.